The molecule has 3 heterocycles. The monoisotopic (exact) mass is 460 g/mol. The lowest BCUT2D eigenvalue weighted by Crippen LogP contribution is -2.72. The Morgan fingerprint density at radius 3 is 2.50 bits per heavy atom. The van der Waals surface area contributed by atoms with Gasteiger partial charge in [-0.2, -0.15) is 0 Å². The van der Waals surface area contributed by atoms with Crippen LogP contribution >= 0.6 is 11.8 Å². The fourth-order valence-electron chi connectivity index (χ4n) is 4.18. The Kier molecular flexibility index (Phi) is 5.49. The molecule has 0 spiro atoms. The number of fused-ring (bicyclic) bond motifs is 1. The highest BCUT2D eigenvalue weighted by molar-refractivity contribution is 8.01. The number of thioether (sulfide) groups is 1. The molecule has 4 atom stereocenters. The molecule has 0 saturated carbocycles. The minimum absolute atomic E-state index is 0.169. The van der Waals surface area contributed by atoms with Crippen molar-refractivity contribution in [1.82, 2.24) is 25.8 Å². The Bertz CT molecular complexity index is 986. The van der Waals surface area contributed by atoms with Crippen LogP contribution in [0.15, 0.2) is 30.3 Å². The summed E-state index contributed by atoms with van der Waals surface area (Å²) in [6.07, 6.45) is 0. The SMILES string of the molecule is CC1(C)S[C@H]2[C@H](NC(=O)[C@H](NC(=O)N3CCNC3=O)c3ccccc3)C(=O)N2[C@H]1C(=O)[O-]. The van der Waals surface area contributed by atoms with Gasteiger partial charge in [0.2, 0.25) is 11.8 Å². The van der Waals surface area contributed by atoms with Crippen molar-refractivity contribution in [2.24, 2.45) is 0 Å². The van der Waals surface area contributed by atoms with Gasteiger partial charge >= 0.3 is 12.1 Å². The van der Waals surface area contributed by atoms with Gasteiger partial charge in [0, 0.05) is 17.8 Å². The third-order valence-corrected chi connectivity index (χ3v) is 7.30. The van der Waals surface area contributed by atoms with Gasteiger partial charge in [-0.05, 0) is 19.4 Å². The van der Waals surface area contributed by atoms with E-state index in [0.717, 1.165) is 4.90 Å². The number of imide groups is 1. The van der Waals surface area contributed by atoms with E-state index in [4.69, 9.17) is 0 Å². The fraction of sp³-hybridized carbons (Fsp3) is 0.450. The number of amides is 6. The number of carbonyl (C=O) groups excluding carboxylic acids is 5. The summed E-state index contributed by atoms with van der Waals surface area (Å²) in [4.78, 5) is 63.9. The van der Waals surface area contributed by atoms with Gasteiger partial charge in [0.15, 0.2) is 0 Å². The molecule has 3 aliphatic heterocycles. The molecular formula is C20H22N5O6S-. The lowest BCUT2D eigenvalue weighted by molar-refractivity contribution is -0.312. The number of hydrogen-bond acceptors (Lipinski definition) is 7. The summed E-state index contributed by atoms with van der Waals surface area (Å²) in [6.45, 7) is 3.89. The van der Waals surface area contributed by atoms with Gasteiger partial charge in [0.05, 0.1) is 12.0 Å². The molecule has 0 radical (unpaired) electrons. The maximum Gasteiger partial charge on any atom is 0.326 e. The predicted octanol–water partition coefficient (Wildman–Crippen LogP) is -1.24. The Balaban J connectivity index is 1.51. The second kappa shape index (κ2) is 8.01. The number of urea groups is 2. The van der Waals surface area contributed by atoms with Gasteiger partial charge in [0.25, 0.3) is 0 Å². The van der Waals surface area contributed by atoms with Gasteiger partial charge in [-0.15, -0.1) is 11.8 Å². The molecule has 0 aromatic heterocycles. The van der Waals surface area contributed by atoms with Crippen LogP contribution in [0.1, 0.15) is 25.5 Å². The molecule has 0 aliphatic carbocycles. The molecule has 12 heteroatoms. The summed E-state index contributed by atoms with van der Waals surface area (Å²) in [5.41, 5.74) is 0.466. The van der Waals surface area contributed by atoms with E-state index >= 15 is 0 Å². The minimum atomic E-state index is -1.35. The molecular weight excluding hydrogens is 438 g/mol. The summed E-state index contributed by atoms with van der Waals surface area (Å²) in [5.74, 6) is -2.51. The quantitative estimate of drug-likeness (QED) is 0.465. The molecule has 4 rings (SSSR count). The summed E-state index contributed by atoms with van der Waals surface area (Å²) in [5, 5.41) is 18.7. The number of hydrogen-bond donors (Lipinski definition) is 3. The molecule has 0 bridgehead atoms. The molecule has 3 N–H and O–H groups in total. The first-order chi connectivity index (χ1) is 15.1. The van der Waals surface area contributed by atoms with E-state index in [9.17, 15) is 29.1 Å². The van der Waals surface area contributed by atoms with Crippen molar-refractivity contribution in [2.75, 3.05) is 13.1 Å². The van der Waals surface area contributed by atoms with Crippen LogP contribution in [0.3, 0.4) is 0 Å². The van der Waals surface area contributed by atoms with Crippen molar-refractivity contribution >= 4 is 41.6 Å². The molecule has 3 fully saturated rings. The number of benzene rings is 1. The number of carbonyl (C=O) groups is 5. The van der Waals surface area contributed by atoms with Crippen molar-refractivity contribution in [3.8, 4) is 0 Å². The number of rotatable bonds is 5. The van der Waals surface area contributed by atoms with Gasteiger partial charge in [-0.1, -0.05) is 30.3 Å². The molecule has 6 amide bonds. The average molecular weight is 460 g/mol. The van der Waals surface area contributed by atoms with E-state index in [1.807, 2.05) is 0 Å². The Morgan fingerprint density at radius 1 is 1.22 bits per heavy atom. The molecule has 3 saturated heterocycles. The lowest BCUT2D eigenvalue weighted by Gasteiger charge is -2.45. The molecule has 11 nitrogen and oxygen atoms in total. The first-order valence-corrected chi connectivity index (χ1v) is 10.9. The van der Waals surface area contributed by atoms with Gasteiger partial charge in [0.1, 0.15) is 17.5 Å². The molecule has 170 valence electrons. The standard InChI is InChI=1S/C20H23N5O6S/c1-20(2)13(17(28)29)25-15(27)12(16(25)32-20)22-14(26)11(10-6-4-3-5-7-10)23-19(31)24-9-8-21-18(24)30/h3-7,11-13,16H,8-9H2,1-2H3,(H,21,30)(H,22,26)(H,23,31)(H,28,29)/p-1/t11-,12-,13+,16+/m1/s1. The van der Waals surface area contributed by atoms with Gasteiger partial charge in [-0.25, -0.2) is 14.5 Å². The largest absolute Gasteiger partial charge is 0.548 e. The number of carboxylic acid groups (broad SMARTS) is 1. The summed E-state index contributed by atoms with van der Waals surface area (Å²) in [6, 6.07) is 3.93. The smallest absolute Gasteiger partial charge is 0.326 e. The van der Waals surface area contributed by atoms with Crippen LogP contribution in [0.25, 0.3) is 0 Å². The number of carboxylic acids is 1. The highest BCUT2D eigenvalue weighted by Gasteiger charge is 2.62. The number of nitrogens with one attached hydrogen (secondary N) is 3. The predicted molar refractivity (Wildman–Crippen MR) is 111 cm³/mol. The van der Waals surface area contributed by atoms with E-state index in [0.29, 0.717) is 12.1 Å². The zero-order chi connectivity index (χ0) is 23.2. The Morgan fingerprint density at radius 2 is 1.91 bits per heavy atom. The first-order valence-electron chi connectivity index (χ1n) is 10.0. The third-order valence-electron chi connectivity index (χ3n) is 5.73. The average Bonchev–Trinajstić information content (AvgIpc) is 3.29. The minimum Gasteiger partial charge on any atom is -0.548 e. The zero-order valence-electron chi connectivity index (χ0n) is 17.4. The van der Waals surface area contributed by atoms with E-state index < -0.39 is 58.1 Å². The van der Waals surface area contributed by atoms with Crippen LogP contribution in [0.2, 0.25) is 0 Å². The molecule has 1 aromatic carbocycles. The zero-order valence-corrected chi connectivity index (χ0v) is 18.2. The first kappa shape index (κ1) is 21.9. The van der Waals surface area contributed by atoms with Crippen molar-refractivity contribution in [3.63, 3.8) is 0 Å². The van der Waals surface area contributed by atoms with Crippen molar-refractivity contribution in [2.45, 2.75) is 42.1 Å². The number of β-lactam (4-membered cyclic amide) rings is 1. The number of aliphatic carboxylic acids is 1. The topological polar surface area (TPSA) is 151 Å². The number of nitrogens with zero attached hydrogens (tertiary/aromatic N) is 2. The molecule has 32 heavy (non-hydrogen) atoms. The third kappa shape index (κ3) is 3.64. The second-order valence-corrected chi connectivity index (χ2v) is 10.0. The summed E-state index contributed by atoms with van der Waals surface area (Å²) in [7, 11) is 0. The van der Waals surface area contributed by atoms with Crippen LogP contribution in [0, 0.1) is 0 Å². The second-order valence-electron chi connectivity index (χ2n) is 8.24. The van der Waals surface area contributed by atoms with Gasteiger partial charge in [-0.3, -0.25) is 9.59 Å². The van der Waals surface area contributed by atoms with Crippen LogP contribution in [-0.2, 0) is 14.4 Å². The normalized spacial score (nSPS) is 26.6. The van der Waals surface area contributed by atoms with E-state index in [1.165, 1.54) is 16.7 Å². The van der Waals surface area contributed by atoms with Crippen molar-refractivity contribution in [1.29, 1.82) is 0 Å². The van der Waals surface area contributed by atoms with Crippen molar-refractivity contribution < 1.29 is 29.1 Å². The summed E-state index contributed by atoms with van der Waals surface area (Å²) >= 11 is 1.27. The summed E-state index contributed by atoms with van der Waals surface area (Å²) < 4.78 is -0.783. The fourth-order valence-corrected chi connectivity index (χ4v) is 5.80. The van der Waals surface area contributed by atoms with E-state index in [-0.39, 0.29) is 6.54 Å². The van der Waals surface area contributed by atoms with Crippen LogP contribution in [0.4, 0.5) is 9.59 Å². The maximum absolute atomic E-state index is 13.1. The van der Waals surface area contributed by atoms with Crippen LogP contribution in [-0.4, -0.2) is 74.9 Å². The van der Waals surface area contributed by atoms with E-state index in [2.05, 4.69) is 16.0 Å². The van der Waals surface area contributed by atoms with E-state index in [1.54, 1.807) is 44.2 Å². The molecule has 3 aliphatic rings. The maximum atomic E-state index is 13.1. The Hall–Kier alpha value is -3.28. The van der Waals surface area contributed by atoms with Gasteiger partial charge < -0.3 is 30.8 Å². The highest BCUT2D eigenvalue weighted by Crippen LogP contribution is 2.50. The molecule has 0 unspecified atom stereocenters. The highest BCUT2D eigenvalue weighted by atomic mass is 32.2. The van der Waals surface area contributed by atoms with Crippen molar-refractivity contribution in [3.05, 3.63) is 35.9 Å². The van der Waals surface area contributed by atoms with Crippen LogP contribution in [0.5, 0.6) is 0 Å². The van der Waals surface area contributed by atoms with Crippen LogP contribution < -0.4 is 21.1 Å². The molecule has 1 aromatic rings. The Labute approximate surface area is 187 Å². The lowest BCUT2D eigenvalue weighted by atomic mass is 9.95.